The van der Waals surface area contributed by atoms with Crippen molar-refractivity contribution < 1.29 is 13.2 Å². The molecule has 0 aliphatic carbocycles. The Morgan fingerprint density at radius 1 is 1.24 bits per heavy atom. The fraction of sp³-hybridized carbons (Fsp3) is 0.200. The topological polar surface area (TPSA) is 37.8 Å². The van der Waals surface area contributed by atoms with E-state index in [1.54, 1.807) is 11.7 Å². The zero-order valence-corrected chi connectivity index (χ0v) is 9.35. The molecule has 0 aromatic carbocycles. The molecule has 7 heteroatoms. The SMILES string of the molecule is FC(F)(F)c1ccc(NCc2cncs2)nc1. The van der Waals surface area contributed by atoms with E-state index in [2.05, 4.69) is 15.3 Å². The van der Waals surface area contributed by atoms with Crippen LogP contribution >= 0.6 is 11.3 Å². The second-order valence-corrected chi connectivity index (χ2v) is 4.22. The van der Waals surface area contributed by atoms with E-state index in [1.165, 1.54) is 17.4 Å². The molecule has 3 nitrogen and oxygen atoms in total. The number of hydrogen-bond donors (Lipinski definition) is 1. The molecule has 2 aromatic heterocycles. The van der Waals surface area contributed by atoms with Crippen LogP contribution in [0.3, 0.4) is 0 Å². The van der Waals surface area contributed by atoms with Crippen LogP contribution in [-0.4, -0.2) is 9.97 Å². The molecular weight excluding hydrogens is 251 g/mol. The summed E-state index contributed by atoms with van der Waals surface area (Å²) in [6.07, 6.45) is -1.83. The molecule has 0 atom stereocenters. The summed E-state index contributed by atoms with van der Waals surface area (Å²) in [7, 11) is 0. The van der Waals surface area contributed by atoms with Crippen molar-refractivity contribution in [2.24, 2.45) is 0 Å². The molecule has 0 saturated carbocycles. The fourth-order valence-corrected chi connectivity index (χ4v) is 1.71. The van der Waals surface area contributed by atoms with Gasteiger partial charge in [0.25, 0.3) is 0 Å². The number of pyridine rings is 1. The molecule has 90 valence electrons. The summed E-state index contributed by atoms with van der Waals surface area (Å²) >= 11 is 1.47. The zero-order chi connectivity index (χ0) is 12.3. The summed E-state index contributed by atoms with van der Waals surface area (Å²) < 4.78 is 36.8. The number of aromatic nitrogens is 2. The molecule has 0 radical (unpaired) electrons. The highest BCUT2D eigenvalue weighted by molar-refractivity contribution is 7.09. The summed E-state index contributed by atoms with van der Waals surface area (Å²) in [5.74, 6) is 0.409. The monoisotopic (exact) mass is 259 g/mol. The number of thiazole rings is 1. The molecule has 2 heterocycles. The number of nitrogens with zero attached hydrogens (tertiary/aromatic N) is 2. The predicted octanol–water partition coefficient (Wildman–Crippen LogP) is 3.17. The smallest absolute Gasteiger partial charge is 0.365 e. The van der Waals surface area contributed by atoms with Crippen LogP contribution in [0.2, 0.25) is 0 Å². The lowest BCUT2D eigenvalue weighted by molar-refractivity contribution is -0.137. The molecule has 1 N–H and O–H groups in total. The lowest BCUT2D eigenvalue weighted by atomic mass is 10.3. The quantitative estimate of drug-likeness (QED) is 0.920. The van der Waals surface area contributed by atoms with Crippen LogP contribution in [-0.2, 0) is 12.7 Å². The van der Waals surface area contributed by atoms with Gasteiger partial charge in [-0.2, -0.15) is 13.2 Å². The van der Waals surface area contributed by atoms with Crippen molar-refractivity contribution in [1.29, 1.82) is 0 Å². The molecule has 2 aromatic rings. The number of anilines is 1. The first kappa shape index (κ1) is 11.8. The third-order valence-corrected chi connectivity index (χ3v) is 2.80. The average Bonchev–Trinajstić information content (AvgIpc) is 2.78. The van der Waals surface area contributed by atoms with Crippen molar-refractivity contribution in [3.8, 4) is 0 Å². The van der Waals surface area contributed by atoms with Crippen molar-refractivity contribution in [1.82, 2.24) is 9.97 Å². The van der Waals surface area contributed by atoms with Crippen molar-refractivity contribution in [3.05, 3.63) is 40.5 Å². The minimum Gasteiger partial charge on any atom is -0.365 e. The molecule has 0 aliphatic heterocycles. The Morgan fingerprint density at radius 2 is 2.06 bits per heavy atom. The largest absolute Gasteiger partial charge is 0.417 e. The first-order valence-electron chi connectivity index (χ1n) is 4.70. The van der Waals surface area contributed by atoms with E-state index in [0.717, 1.165) is 17.1 Å². The zero-order valence-electron chi connectivity index (χ0n) is 8.53. The number of hydrogen-bond acceptors (Lipinski definition) is 4. The van der Waals surface area contributed by atoms with Gasteiger partial charge in [0.15, 0.2) is 0 Å². The van der Waals surface area contributed by atoms with Gasteiger partial charge >= 0.3 is 6.18 Å². The Balaban J connectivity index is 1.99. The Bertz CT molecular complexity index is 465. The van der Waals surface area contributed by atoms with Crippen molar-refractivity contribution in [2.75, 3.05) is 5.32 Å². The number of rotatable bonds is 3. The molecule has 0 bridgehead atoms. The van der Waals surface area contributed by atoms with E-state index in [1.807, 2.05) is 0 Å². The molecule has 0 aliphatic rings. The van der Waals surface area contributed by atoms with Crippen LogP contribution in [0.15, 0.2) is 30.0 Å². The van der Waals surface area contributed by atoms with E-state index < -0.39 is 11.7 Å². The van der Waals surface area contributed by atoms with Crippen LogP contribution in [0.4, 0.5) is 19.0 Å². The van der Waals surface area contributed by atoms with Gasteiger partial charge in [-0.1, -0.05) is 0 Å². The van der Waals surface area contributed by atoms with Gasteiger partial charge in [-0.05, 0) is 12.1 Å². The normalized spacial score (nSPS) is 11.5. The maximum absolute atomic E-state index is 12.3. The summed E-state index contributed by atoms with van der Waals surface area (Å²) in [5, 5.41) is 2.92. The molecule has 0 amide bonds. The maximum atomic E-state index is 12.3. The third-order valence-electron chi connectivity index (χ3n) is 2.02. The highest BCUT2D eigenvalue weighted by Gasteiger charge is 2.30. The molecule has 2 rings (SSSR count). The Labute approximate surface area is 99.3 Å². The van der Waals surface area contributed by atoms with E-state index in [4.69, 9.17) is 0 Å². The first-order valence-corrected chi connectivity index (χ1v) is 5.58. The second-order valence-electron chi connectivity index (χ2n) is 3.25. The van der Waals surface area contributed by atoms with Crippen molar-refractivity contribution >= 4 is 17.2 Å². The van der Waals surface area contributed by atoms with Crippen LogP contribution in [0.1, 0.15) is 10.4 Å². The average molecular weight is 259 g/mol. The number of halogens is 3. The molecule has 0 saturated heterocycles. The molecule has 0 unspecified atom stereocenters. The standard InChI is InChI=1S/C10H8F3N3S/c11-10(12,13)7-1-2-9(15-3-7)16-5-8-4-14-6-17-8/h1-4,6H,5H2,(H,15,16). The van der Waals surface area contributed by atoms with E-state index >= 15 is 0 Å². The summed E-state index contributed by atoms with van der Waals surface area (Å²) in [6, 6.07) is 2.31. The summed E-state index contributed by atoms with van der Waals surface area (Å²) in [6.45, 7) is 0.503. The van der Waals surface area contributed by atoms with Crippen LogP contribution in [0, 0.1) is 0 Å². The minimum atomic E-state index is -4.34. The van der Waals surface area contributed by atoms with Gasteiger partial charge in [-0.25, -0.2) is 4.98 Å². The van der Waals surface area contributed by atoms with Crippen molar-refractivity contribution in [2.45, 2.75) is 12.7 Å². The van der Waals surface area contributed by atoms with Gasteiger partial charge < -0.3 is 5.32 Å². The summed E-state index contributed by atoms with van der Waals surface area (Å²) in [4.78, 5) is 8.58. The second kappa shape index (κ2) is 4.70. The number of nitrogens with one attached hydrogen (secondary N) is 1. The first-order chi connectivity index (χ1) is 8.05. The van der Waals surface area contributed by atoms with Gasteiger partial charge in [-0.15, -0.1) is 11.3 Å². The van der Waals surface area contributed by atoms with Crippen LogP contribution < -0.4 is 5.32 Å². The summed E-state index contributed by atoms with van der Waals surface area (Å²) in [5.41, 5.74) is 0.942. The van der Waals surface area contributed by atoms with Gasteiger partial charge in [0.2, 0.25) is 0 Å². The van der Waals surface area contributed by atoms with Gasteiger partial charge in [-0.3, -0.25) is 4.98 Å². The Morgan fingerprint density at radius 3 is 2.59 bits per heavy atom. The van der Waals surface area contributed by atoms with Crippen LogP contribution in [0.25, 0.3) is 0 Å². The molecule has 17 heavy (non-hydrogen) atoms. The van der Waals surface area contributed by atoms with Crippen LogP contribution in [0.5, 0.6) is 0 Å². The lowest BCUT2D eigenvalue weighted by Crippen LogP contribution is -2.06. The van der Waals surface area contributed by atoms with E-state index in [0.29, 0.717) is 12.4 Å². The molecular formula is C10H8F3N3S. The molecule has 0 spiro atoms. The minimum absolute atomic E-state index is 0.409. The Hall–Kier alpha value is -1.63. The highest BCUT2D eigenvalue weighted by Crippen LogP contribution is 2.28. The van der Waals surface area contributed by atoms with E-state index in [-0.39, 0.29) is 0 Å². The number of alkyl halides is 3. The van der Waals surface area contributed by atoms with Gasteiger partial charge in [0.1, 0.15) is 5.82 Å². The van der Waals surface area contributed by atoms with Gasteiger partial charge in [0.05, 0.1) is 17.6 Å². The third kappa shape index (κ3) is 3.16. The maximum Gasteiger partial charge on any atom is 0.417 e. The highest BCUT2D eigenvalue weighted by atomic mass is 32.1. The fourth-order valence-electron chi connectivity index (χ4n) is 1.17. The van der Waals surface area contributed by atoms with Crippen molar-refractivity contribution in [3.63, 3.8) is 0 Å². The Kier molecular flexibility index (Phi) is 3.28. The predicted molar refractivity (Wildman–Crippen MR) is 58.7 cm³/mol. The molecule has 0 fully saturated rings. The van der Waals surface area contributed by atoms with Gasteiger partial charge in [0, 0.05) is 17.3 Å². The van der Waals surface area contributed by atoms with E-state index in [9.17, 15) is 13.2 Å². The lowest BCUT2D eigenvalue weighted by Gasteiger charge is -2.07.